The van der Waals surface area contributed by atoms with E-state index in [2.05, 4.69) is 0 Å². The highest BCUT2D eigenvalue weighted by Crippen LogP contribution is 2.40. The normalized spacial score (nSPS) is 44.3. The molecule has 1 heterocycles. The van der Waals surface area contributed by atoms with E-state index in [4.69, 9.17) is 14.6 Å². The van der Waals surface area contributed by atoms with Crippen LogP contribution in [0, 0.1) is 0 Å². The molecule has 80 valence electrons. The van der Waals surface area contributed by atoms with Crippen molar-refractivity contribution in [2.45, 2.75) is 43.9 Å². The average molecular weight is 200 g/mol. The molecule has 4 nitrogen and oxygen atoms in total. The predicted octanol–water partition coefficient (Wildman–Crippen LogP) is 0.190. The molecule has 4 heteroatoms. The van der Waals surface area contributed by atoms with Gasteiger partial charge in [-0.2, -0.15) is 0 Å². The molecule has 1 saturated heterocycles. The Balaban J connectivity index is 2.16. The van der Waals surface area contributed by atoms with Gasteiger partial charge in [-0.15, -0.1) is 0 Å². The summed E-state index contributed by atoms with van der Waals surface area (Å²) in [6.45, 7) is 3.57. The van der Waals surface area contributed by atoms with Gasteiger partial charge in [0.25, 0.3) is 0 Å². The van der Waals surface area contributed by atoms with Gasteiger partial charge in [0.2, 0.25) is 0 Å². The quantitative estimate of drug-likeness (QED) is 0.625. The van der Waals surface area contributed by atoms with Crippen molar-refractivity contribution in [1.29, 1.82) is 0 Å². The van der Waals surface area contributed by atoms with Gasteiger partial charge in [-0.05, 0) is 13.8 Å². The Bertz CT molecular complexity index is 261. The fourth-order valence-corrected chi connectivity index (χ4v) is 2.08. The van der Waals surface area contributed by atoms with Gasteiger partial charge >= 0.3 is 0 Å². The average Bonchev–Trinajstić information content (AvgIpc) is 2.50. The van der Waals surface area contributed by atoms with E-state index in [1.165, 1.54) is 0 Å². The first-order chi connectivity index (χ1) is 6.47. The fourth-order valence-electron chi connectivity index (χ4n) is 2.08. The zero-order valence-electron chi connectivity index (χ0n) is 8.43. The van der Waals surface area contributed by atoms with Crippen LogP contribution in [0.25, 0.3) is 0 Å². The smallest absolute Gasteiger partial charge is 0.164 e. The summed E-state index contributed by atoms with van der Waals surface area (Å²) in [4.78, 5) is 0. The highest BCUT2D eigenvalue weighted by atomic mass is 16.8. The van der Waals surface area contributed by atoms with Crippen molar-refractivity contribution < 1.29 is 19.7 Å². The third-order valence-corrected chi connectivity index (χ3v) is 2.71. The van der Waals surface area contributed by atoms with E-state index in [1.807, 2.05) is 13.8 Å². The van der Waals surface area contributed by atoms with Crippen LogP contribution in [-0.2, 0) is 9.47 Å². The second kappa shape index (κ2) is 3.03. The Hall–Kier alpha value is -0.420. The van der Waals surface area contributed by atoms with E-state index in [0.717, 1.165) is 0 Å². The number of aliphatic hydroxyl groups is 2. The second-order valence-electron chi connectivity index (χ2n) is 4.34. The molecule has 1 aliphatic heterocycles. The van der Waals surface area contributed by atoms with Gasteiger partial charge in [0.1, 0.15) is 17.8 Å². The topological polar surface area (TPSA) is 58.9 Å². The minimum absolute atomic E-state index is 0.0617. The summed E-state index contributed by atoms with van der Waals surface area (Å²) in [5, 5.41) is 19.0. The number of hydrogen-bond acceptors (Lipinski definition) is 4. The lowest BCUT2D eigenvalue weighted by atomic mass is 9.96. The summed E-state index contributed by atoms with van der Waals surface area (Å²) < 4.78 is 11.2. The van der Waals surface area contributed by atoms with Crippen LogP contribution >= 0.6 is 0 Å². The minimum Gasteiger partial charge on any atom is -0.396 e. The SMILES string of the molecule is CC1(C)O[C@H]2C=C[C@](O)(CCO)[C@H]2O1. The lowest BCUT2D eigenvalue weighted by molar-refractivity contribution is -0.166. The molecule has 0 amide bonds. The lowest BCUT2D eigenvalue weighted by Gasteiger charge is -2.28. The minimum atomic E-state index is -1.08. The number of aliphatic hydroxyl groups excluding tert-OH is 1. The monoisotopic (exact) mass is 200 g/mol. The van der Waals surface area contributed by atoms with E-state index >= 15 is 0 Å². The molecule has 1 fully saturated rings. The van der Waals surface area contributed by atoms with Crippen LogP contribution in [0.15, 0.2) is 12.2 Å². The molecule has 2 rings (SSSR count). The van der Waals surface area contributed by atoms with Gasteiger partial charge in [0.15, 0.2) is 5.79 Å². The van der Waals surface area contributed by atoms with Gasteiger partial charge in [-0.25, -0.2) is 0 Å². The van der Waals surface area contributed by atoms with Crippen LogP contribution < -0.4 is 0 Å². The van der Waals surface area contributed by atoms with Crippen molar-refractivity contribution in [1.82, 2.24) is 0 Å². The Morgan fingerprint density at radius 3 is 2.71 bits per heavy atom. The van der Waals surface area contributed by atoms with Crippen LogP contribution in [0.4, 0.5) is 0 Å². The van der Waals surface area contributed by atoms with Crippen molar-refractivity contribution >= 4 is 0 Å². The van der Waals surface area contributed by atoms with Crippen LogP contribution in [0.2, 0.25) is 0 Å². The summed E-state index contributed by atoms with van der Waals surface area (Å²) in [6.07, 6.45) is 3.17. The first-order valence-electron chi connectivity index (χ1n) is 4.85. The van der Waals surface area contributed by atoms with Gasteiger partial charge in [-0.3, -0.25) is 0 Å². The van der Waals surface area contributed by atoms with E-state index in [1.54, 1.807) is 12.2 Å². The first kappa shape index (κ1) is 10.1. The van der Waals surface area contributed by atoms with Crippen molar-refractivity contribution in [2.24, 2.45) is 0 Å². The van der Waals surface area contributed by atoms with E-state index < -0.39 is 11.4 Å². The molecule has 2 aliphatic rings. The van der Waals surface area contributed by atoms with Crippen LogP contribution in [0.3, 0.4) is 0 Å². The molecule has 0 bridgehead atoms. The molecule has 0 spiro atoms. The molecule has 0 radical (unpaired) electrons. The zero-order valence-corrected chi connectivity index (χ0v) is 8.43. The molecule has 0 aromatic rings. The maximum atomic E-state index is 10.1. The largest absolute Gasteiger partial charge is 0.396 e. The Labute approximate surface area is 83.1 Å². The van der Waals surface area contributed by atoms with Crippen LogP contribution in [-0.4, -0.2) is 40.4 Å². The maximum Gasteiger partial charge on any atom is 0.164 e. The summed E-state index contributed by atoms with van der Waals surface area (Å²) in [6, 6.07) is 0. The van der Waals surface area contributed by atoms with Crippen LogP contribution in [0.5, 0.6) is 0 Å². The molecule has 0 saturated carbocycles. The molecule has 14 heavy (non-hydrogen) atoms. The lowest BCUT2D eigenvalue weighted by Crippen LogP contribution is -2.42. The van der Waals surface area contributed by atoms with Crippen molar-refractivity contribution in [3.63, 3.8) is 0 Å². The standard InChI is InChI=1S/C10H16O4/c1-9(2)13-7-3-4-10(12,5-6-11)8(7)14-9/h3-4,7-8,11-12H,5-6H2,1-2H3/t7-,8-,10-/m0/s1. The van der Waals surface area contributed by atoms with E-state index in [0.29, 0.717) is 0 Å². The highest BCUT2D eigenvalue weighted by Gasteiger charge is 2.53. The molecule has 2 N–H and O–H groups in total. The summed E-state index contributed by atoms with van der Waals surface area (Å²) in [5.74, 6) is -0.649. The Kier molecular flexibility index (Phi) is 2.19. The molecule has 0 unspecified atom stereocenters. The molecule has 0 aromatic heterocycles. The molecule has 1 aliphatic carbocycles. The van der Waals surface area contributed by atoms with Crippen molar-refractivity contribution in [2.75, 3.05) is 6.61 Å². The Morgan fingerprint density at radius 1 is 1.36 bits per heavy atom. The van der Waals surface area contributed by atoms with Gasteiger partial charge < -0.3 is 19.7 Å². The third kappa shape index (κ3) is 1.48. The maximum absolute atomic E-state index is 10.1. The molecular weight excluding hydrogens is 184 g/mol. The zero-order chi connectivity index (χ0) is 10.4. The van der Waals surface area contributed by atoms with Crippen molar-refractivity contribution in [3.8, 4) is 0 Å². The van der Waals surface area contributed by atoms with Crippen LogP contribution in [0.1, 0.15) is 20.3 Å². The first-order valence-corrected chi connectivity index (χ1v) is 4.85. The number of hydrogen-bond donors (Lipinski definition) is 2. The summed E-state index contributed by atoms with van der Waals surface area (Å²) >= 11 is 0. The van der Waals surface area contributed by atoms with Gasteiger partial charge in [0.05, 0.1) is 0 Å². The van der Waals surface area contributed by atoms with Crippen molar-refractivity contribution in [3.05, 3.63) is 12.2 Å². The fraction of sp³-hybridized carbons (Fsp3) is 0.800. The number of rotatable bonds is 2. The predicted molar refractivity (Wildman–Crippen MR) is 49.6 cm³/mol. The Morgan fingerprint density at radius 2 is 2.07 bits per heavy atom. The molecule has 3 atom stereocenters. The van der Waals surface area contributed by atoms with E-state index in [-0.39, 0.29) is 25.2 Å². The highest BCUT2D eigenvalue weighted by molar-refractivity contribution is 5.21. The number of ether oxygens (including phenoxy) is 2. The third-order valence-electron chi connectivity index (χ3n) is 2.71. The molecular formula is C10H16O4. The second-order valence-corrected chi connectivity index (χ2v) is 4.34. The summed E-state index contributed by atoms with van der Waals surface area (Å²) in [5.41, 5.74) is -1.08. The van der Waals surface area contributed by atoms with Gasteiger partial charge in [0, 0.05) is 13.0 Å². The molecule has 0 aromatic carbocycles. The number of fused-ring (bicyclic) bond motifs is 1. The summed E-state index contributed by atoms with van der Waals surface area (Å²) in [7, 11) is 0. The van der Waals surface area contributed by atoms with E-state index in [9.17, 15) is 5.11 Å². The van der Waals surface area contributed by atoms with Gasteiger partial charge in [-0.1, -0.05) is 12.2 Å².